The normalized spacial score (nSPS) is 12.3. The van der Waals surface area contributed by atoms with Crippen LogP contribution in [0.3, 0.4) is 0 Å². The molecule has 1 atom stereocenters. The van der Waals surface area contributed by atoms with Crippen molar-refractivity contribution in [2.45, 2.75) is 335 Å². The van der Waals surface area contributed by atoms with Crippen LogP contribution >= 0.6 is 0 Å². The van der Waals surface area contributed by atoms with Crippen LogP contribution < -0.4 is 0 Å². The second kappa shape index (κ2) is 59.9. The summed E-state index contributed by atoms with van der Waals surface area (Å²) in [5.41, 5.74) is 0. The van der Waals surface area contributed by atoms with E-state index in [9.17, 15) is 14.4 Å². The number of allylic oxidation sites excluding steroid dienone is 8. The van der Waals surface area contributed by atoms with Crippen LogP contribution in [0.15, 0.2) is 48.6 Å². The topological polar surface area (TPSA) is 78.9 Å². The summed E-state index contributed by atoms with van der Waals surface area (Å²) >= 11 is 0. The smallest absolute Gasteiger partial charge is 0.306 e. The Kier molecular flexibility index (Phi) is 57.7. The lowest BCUT2D eigenvalue weighted by Crippen LogP contribution is -2.30. The molecule has 0 aliphatic carbocycles. The van der Waals surface area contributed by atoms with Crippen LogP contribution in [0.2, 0.25) is 0 Å². The van der Waals surface area contributed by atoms with E-state index < -0.39 is 6.10 Å². The Balaban J connectivity index is 4.29. The van der Waals surface area contributed by atoms with Gasteiger partial charge in [-0.1, -0.05) is 256 Å². The van der Waals surface area contributed by atoms with E-state index in [-0.39, 0.29) is 31.1 Å². The van der Waals surface area contributed by atoms with E-state index >= 15 is 0 Å². The SMILES string of the molecule is CCCCC/C=C\CCCCCCCC(=O)OCC(COC(=O)CCCCCCCCCCCCC/C=C\C/C=C\CCCCCCC)OC(=O)CCCCCCCCC/C=C\CCCCCCCCC. The summed E-state index contributed by atoms with van der Waals surface area (Å²) in [4.78, 5) is 38.2. The Bertz CT molecular complexity index is 1230. The molecule has 0 rings (SSSR count). The predicted octanol–water partition coefficient (Wildman–Crippen LogP) is 21.0. The molecule has 0 aliphatic heterocycles. The van der Waals surface area contributed by atoms with Crippen LogP contribution in [0.5, 0.6) is 0 Å². The van der Waals surface area contributed by atoms with Crippen LogP contribution in [0.1, 0.15) is 329 Å². The van der Waals surface area contributed by atoms with Gasteiger partial charge in [-0.3, -0.25) is 14.4 Å². The van der Waals surface area contributed by atoms with Gasteiger partial charge in [0, 0.05) is 19.3 Å². The number of rotatable bonds is 57. The van der Waals surface area contributed by atoms with E-state index in [0.717, 1.165) is 70.6 Å². The number of hydrogen-bond acceptors (Lipinski definition) is 6. The molecule has 71 heavy (non-hydrogen) atoms. The molecule has 0 heterocycles. The van der Waals surface area contributed by atoms with Crippen molar-refractivity contribution < 1.29 is 28.6 Å². The minimum absolute atomic E-state index is 0.0765. The molecular formula is C65H118O6. The van der Waals surface area contributed by atoms with Gasteiger partial charge in [0.2, 0.25) is 0 Å². The maximum absolute atomic E-state index is 12.9. The minimum Gasteiger partial charge on any atom is -0.462 e. The number of carbonyl (C=O) groups excluding carboxylic acids is 3. The van der Waals surface area contributed by atoms with E-state index in [1.165, 1.54) is 218 Å². The molecule has 0 saturated heterocycles. The van der Waals surface area contributed by atoms with E-state index in [4.69, 9.17) is 14.2 Å². The van der Waals surface area contributed by atoms with Crippen LogP contribution in [-0.2, 0) is 28.6 Å². The lowest BCUT2D eigenvalue weighted by molar-refractivity contribution is -0.167. The summed E-state index contributed by atoms with van der Waals surface area (Å²) in [6, 6.07) is 0. The van der Waals surface area contributed by atoms with Gasteiger partial charge in [0.05, 0.1) is 0 Å². The first-order chi connectivity index (χ1) is 35.0. The lowest BCUT2D eigenvalue weighted by atomic mass is 10.0. The van der Waals surface area contributed by atoms with Crippen molar-refractivity contribution in [2.75, 3.05) is 13.2 Å². The highest BCUT2D eigenvalue weighted by atomic mass is 16.6. The van der Waals surface area contributed by atoms with Crippen molar-refractivity contribution in [1.82, 2.24) is 0 Å². The van der Waals surface area contributed by atoms with Crippen LogP contribution in [0, 0.1) is 0 Å². The fourth-order valence-corrected chi connectivity index (χ4v) is 9.05. The fourth-order valence-electron chi connectivity index (χ4n) is 9.05. The zero-order chi connectivity index (χ0) is 51.4. The third kappa shape index (κ3) is 58.1. The van der Waals surface area contributed by atoms with Gasteiger partial charge < -0.3 is 14.2 Å². The summed E-state index contributed by atoms with van der Waals surface area (Å²) in [6.45, 7) is 6.63. The molecule has 6 heteroatoms. The Morgan fingerprint density at radius 1 is 0.282 bits per heavy atom. The number of esters is 3. The van der Waals surface area contributed by atoms with E-state index in [2.05, 4.69) is 69.4 Å². The van der Waals surface area contributed by atoms with Gasteiger partial charge in [-0.2, -0.15) is 0 Å². The molecule has 6 nitrogen and oxygen atoms in total. The third-order valence-electron chi connectivity index (χ3n) is 13.8. The fraction of sp³-hybridized carbons (Fsp3) is 0.831. The molecule has 0 aromatic heterocycles. The largest absolute Gasteiger partial charge is 0.462 e. The van der Waals surface area contributed by atoms with Crippen LogP contribution in [0.4, 0.5) is 0 Å². The zero-order valence-electron chi connectivity index (χ0n) is 47.5. The third-order valence-corrected chi connectivity index (χ3v) is 13.8. The molecule has 0 N–H and O–H groups in total. The zero-order valence-corrected chi connectivity index (χ0v) is 47.5. The monoisotopic (exact) mass is 995 g/mol. The van der Waals surface area contributed by atoms with Crippen molar-refractivity contribution in [2.24, 2.45) is 0 Å². The van der Waals surface area contributed by atoms with Crippen molar-refractivity contribution in [1.29, 1.82) is 0 Å². The van der Waals surface area contributed by atoms with Crippen LogP contribution in [0.25, 0.3) is 0 Å². The number of ether oxygens (including phenoxy) is 3. The maximum atomic E-state index is 12.9. The molecule has 0 bridgehead atoms. The number of hydrogen-bond donors (Lipinski definition) is 0. The maximum Gasteiger partial charge on any atom is 0.306 e. The first kappa shape index (κ1) is 68.4. The molecular weight excluding hydrogens is 877 g/mol. The first-order valence-electron chi connectivity index (χ1n) is 31.1. The highest BCUT2D eigenvalue weighted by molar-refractivity contribution is 5.71. The summed E-state index contributed by atoms with van der Waals surface area (Å²) in [7, 11) is 0. The molecule has 414 valence electrons. The average Bonchev–Trinajstić information content (AvgIpc) is 3.37. The molecule has 0 aliphatic rings. The van der Waals surface area contributed by atoms with Crippen molar-refractivity contribution in [3.8, 4) is 0 Å². The Morgan fingerprint density at radius 2 is 0.507 bits per heavy atom. The van der Waals surface area contributed by atoms with Gasteiger partial charge >= 0.3 is 17.9 Å². The minimum atomic E-state index is -0.779. The van der Waals surface area contributed by atoms with Gasteiger partial charge in [-0.05, 0) is 103 Å². The highest BCUT2D eigenvalue weighted by Crippen LogP contribution is 2.16. The molecule has 0 radical (unpaired) electrons. The Morgan fingerprint density at radius 3 is 0.817 bits per heavy atom. The van der Waals surface area contributed by atoms with E-state index in [1.807, 2.05) is 0 Å². The molecule has 0 saturated carbocycles. The van der Waals surface area contributed by atoms with Gasteiger partial charge in [0.25, 0.3) is 0 Å². The van der Waals surface area contributed by atoms with Crippen LogP contribution in [-0.4, -0.2) is 37.2 Å². The lowest BCUT2D eigenvalue weighted by Gasteiger charge is -2.18. The van der Waals surface area contributed by atoms with Gasteiger partial charge in [0.1, 0.15) is 13.2 Å². The van der Waals surface area contributed by atoms with Gasteiger partial charge in [0.15, 0.2) is 6.10 Å². The second-order valence-electron chi connectivity index (χ2n) is 21.0. The predicted molar refractivity (Wildman–Crippen MR) is 307 cm³/mol. The van der Waals surface area contributed by atoms with E-state index in [1.54, 1.807) is 0 Å². The number of carbonyl (C=O) groups is 3. The van der Waals surface area contributed by atoms with Crippen molar-refractivity contribution >= 4 is 17.9 Å². The molecule has 0 aromatic rings. The summed E-state index contributed by atoms with van der Waals surface area (Å²) in [5.74, 6) is -0.876. The van der Waals surface area contributed by atoms with Gasteiger partial charge in [-0.25, -0.2) is 0 Å². The quantitative estimate of drug-likeness (QED) is 0.0261. The summed E-state index contributed by atoms with van der Waals surface area (Å²) < 4.78 is 16.9. The molecule has 1 unspecified atom stereocenters. The molecule has 0 aromatic carbocycles. The molecule has 0 fully saturated rings. The van der Waals surface area contributed by atoms with Gasteiger partial charge in [-0.15, -0.1) is 0 Å². The average molecular weight is 996 g/mol. The summed E-state index contributed by atoms with van der Waals surface area (Å²) in [5, 5.41) is 0. The Hall–Kier alpha value is -2.63. The summed E-state index contributed by atoms with van der Waals surface area (Å²) in [6.07, 6.45) is 74.0. The van der Waals surface area contributed by atoms with E-state index in [0.29, 0.717) is 19.3 Å². The number of unbranched alkanes of at least 4 members (excludes halogenated alkanes) is 38. The molecule has 0 amide bonds. The van der Waals surface area contributed by atoms with Crippen molar-refractivity contribution in [3.63, 3.8) is 0 Å². The Labute approximate surface area is 441 Å². The highest BCUT2D eigenvalue weighted by Gasteiger charge is 2.19. The molecule has 0 spiro atoms. The second-order valence-corrected chi connectivity index (χ2v) is 21.0. The van der Waals surface area contributed by atoms with Crippen molar-refractivity contribution in [3.05, 3.63) is 48.6 Å². The first-order valence-corrected chi connectivity index (χ1v) is 31.1. The standard InChI is InChI=1S/C65H118O6/c1-4-7-10-13-16-19-22-25-27-29-31-32-33-34-35-37-38-40-43-46-49-52-55-58-64(67)70-61-62(60-69-63(66)57-54-51-48-45-42-24-21-18-15-12-9-6-3)71-65(68)59-56-53-50-47-44-41-39-36-30-28-26-23-20-17-14-11-8-5-2/h18,21-22,25,28-31,62H,4-17,19-20,23-24,26-27,32-61H2,1-3H3/b21-18-,25-22-,30-28-,31-29-.